The zero-order valence-corrected chi connectivity index (χ0v) is 35.5. The van der Waals surface area contributed by atoms with E-state index in [1.807, 2.05) is 6.07 Å². The van der Waals surface area contributed by atoms with E-state index in [1.54, 1.807) is 0 Å². The Morgan fingerprint density at radius 3 is 1.97 bits per heavy atom. The maximum atomic E-state index is 6.83. The molecule has 0 aliphatic carbocycles. The standard InChI is InChI=1S/C58H44N4O/c1-58(2,3)41-33-51-40-19-13-18-39(32-40)45-22-7-8-23-47(45)50-26-15-25-46(38-16-5-4-6-17-38)57(50)61-37-60(53-28-11-12-29-54(53)61)42-20-14-21-43(35-42)63-44-30-31-49-48-24-9-10-27-52(48)62(55(49)36-44)56(34-41)59-51/h4-36H,37H2,1-3H3. The van der Waals surface area contributed by atoms with Crippen molar-refractivity contribution in [3.05, 3.63) is 206 Å². The third-order valence-electron chi connectivity index (χ3n) is 12.7. The second-order valence-corrected chi connectivity index (χ2v) is 17.7. The second kappa shape index (κ2) is 14.4. The van der Waals surface area contributed by atoms with E-state index >= 15 is 0 Å². The maximum Gasteiger partial charge on any atom is 0.138 e. The molecule has 0 atom stereocenters. The van der Waals surface area contributed by atoms with E-state index in [0.717, 1.165) is 90.0 Å². The van der Waals surface area contributed by atoms with Crippen molar-refractivity contribution in [1.82, 2.24) is 9.55 Å². The summed E-state index contributed by atoms with van der Waals surface area (Å²) in [6, 6.07) is 72.2. The fourth-order valence-electron chi connectivity index (χ4n) is 9.67. The van der Waals surface area contributed by atoms with Gasteiger partial charge in [0.05, 0.1) is 33.8 Å². The van der Waals surface area contributed by atoms with Crippen LogP contribution in [0.15, 0.2) is 200 Å². The Balaban J connectivity index is 1.16. The van der Waals surface area contributed by atoms with Gasteiger partial charge in [-0.15, -0.1) is 0 Å². The lowest BCUT2D eigenvalue weighted by molar-refractivity contribution is 0.483. The van der Waals surface area contributed by atoms with E-state index < -0.39 is 0 Å². The average molecular weight is 813 g/mol. The molecule has 4 heterocycles. The van der Waals surface area contributed by atoms with Crippen LogP contribution in [0.2, 0.25) is 0 Å². The molecule has 0 amide bonds. The van der Waals surface area contributed by atoms with E-state index in [1.165, 1.54) is 22.1 Å². The van der Waals surface area contributed by atoms with Crippen LogP contribution >= 0.6 is 0 Å². The molecule has 302 valence electrons. The predicted molar refractivity (Wildman–Crippen MR) is 261 cm³/mol. The lowest BCUT2D eigenvalue weighted by Gasteiger charge is -2.28. The predicted octanol–water partition coefficient (Wildman–Crippen LogP) is 15.5. The minimum atomic E-state index is -0.134. The van der Waals surface area contributed by atoms with Crippen LogP contribution in [-0.2, 0) is 5.41 Å². The number of pyridine rings is 1. The number of hydrogen-bond acceptors (Lipinski definition) is 4. The molecular weight excluding hydrogens is 769 g/mol. The van der Waals surface area contributed by atoms with Crippen LogP contribution in [0.5, 0.6) is 11.5 Å². The molecule has 5 heteroatoms. The average Bonchev–Trinajstić information content (AvgIpc) is 3.87. The largest absolute Gasteiger partial charge is 0.457 e. The minimum Gasteiger partial charge on any atom is -0.457 e. The Morgan fingerprint density at radius 1 is 0.460 bits per heavy atom. The van der Waals surface area contributed by atoms with Gasteiger partial charge in [0.25, 0.3) is 0 Å². The van der Waals surface area contributed by atoms with Gasteiger partial charge in [-0.05, 0) is 93.9 Å². The van der Waals surface area contributed by atoms with Gasteiger partial charge in [0.15, 0.2) is 0 Å². The monoisotopic (exact) mass is 812 g/mol. The summed E-state index contributed by atoms with van der Waals surface area (Å²) in [5.74, 6) is 2.40. The van der Waals surface area contributed by atoms with E-state index in [2.05, 4.69) is 229 Å². The van der Waals surface area contributed by atoms with E-state index in [0.29, 0.717) is 6.67 Å². The Labute approximate surface area is 367 Å². The smallest absolute Gasteiger partial charge is 0.138 e. The van der Waals surface area contributed by atoms with Crippen LogP contribution in [-0.4, -0.2) is 16.2 Å². The molecule has 0 radical (unpaired) electrons. The third kappa shape index (κ3) is 6.19. The molecule has 0 saturated carbocycles. The van der Waals surface area contributed by atoms with E-state index in [4.69, 9.17) is 9.72 Å². The number of aromatic nitrogens is 2. The molecule has 12 rings (SSSR count). The van der Waals surface area contributed by atoms with Gasteiger partial charge in [0.2, 0.25) is 0 Å². The van der Waals surface area contributed by atoms with Gasteiger partial charge in [-0.1, -0.05) is 148 Å². The van der Waals surface area contributed by atoms with Crippen molar-refractivity contribution < 1.29 is 4.74 Å². The maximum absolute atomic E-state index is 6.83. The molecule has 2 aliphatic heterocycles. The van der Waals surface area contributed by atoms with Crippen LogP contribution in [0.1, 0.15) is 26.3 Å². The van der Waals surface area contributed by atoms with Crippen molar-refractivity contribution in [3.63, 3.8) is 0 Å². The Morgan fingerprint density at radius 2 is 1.11 bits per heavy atom. The van der Waals surface area contributed by atoms with E-state index in [9.17, 15) is 0 Å². The number of para-hydroxylation sites is 4. The topological polar surface area (TPSA) is 33.5 Å². The van der Waals surface area contributed by atoms with Gasteiger partial charge < -0.3 is 14.5 Å². The van der Waals surface area contributed by atoms with Gasteiger partial charge in [0, 0.05) is 45.3 Å². The number of nitrogens with zero attached hydrogens (tertiary/aromatic N) is 4. The summed E-state index contributed by atoms with van der Waals surface area (Å²) in [6.45, 7) is 7.44. The number of ether oxygens (including phenoxy) is 1. The van der Waals surface area contributed by atoms with Gasteiger partial charge in [-0.3, -0.25) is 4.57 Å². The molecule has 0 saturated heterocycles. The fraction of sp³-hybridized carbons (Fsp3) is 0.0862. The van der Waals surface area contributed by atoms with Crippen LogP contribution in [0.4, 0.5) is 22.7 Å². The zero-order valence-electron chi connectivity index (χ0n) is 35.5. The molecule has 5 nitrogen and oxygen atoms in total. The Kier molecular flexibility index (Phi) is 8.41. The summed E-state index contributed by atoms with van der Waals surface area (Å²) in [5.41, 5.74) is 16.7. The summed E-state index contributed by atoms with van der Waals surface area (Å²) in [6.07, 6.45) is 0. The first-order valence-corrected chi connectivity index (χ1v) is 21.7. The van der Waals surface area contributed by atoms with Crippen molar-refractivity contribution in [2.75, 3.05) is 16.5 Å². The highest BCUT2D eigenvalue weighted by molar-refractivity contribution is 6.09. The number of fused-ring (bicyclic) bond motifs is 23. The van der Waals surface area contributed by atoms with Crippen LogP contribution < -0.4 is 14.5 Å². The zero-order chi connectivity index (χ0) is 42.2. The summed E-state index contributed by atoms with van der Waals surface area (Å²) in [7, 11) is 0. The number of rotatable bonds is 1. The van der Waals surface area contributed by atoms with Crippen molar-refractivity contribution >= 4 is 44.6 Å². The lowest BCUT2D eigenvalue weighted by Crippen LogP contribution is -2.25. The highest BCUT2D eigenvalue weighted by Gasteiger charge is 2.32. The summed E-state index contributed by atoms with van der Waals surface area (Å²) < 4.78 is 9.14. The van der Waals surface area contributed by atoms with Crippen molar-refractivity contribution in [2.45, 2.75) is 26.2 Å². The van der Waals surface area contributed by atoms with Crippen LogP contribution in [0.3, 0.4) is 0 Å². The van der Waals surface area contributed by atoms with Crippen molar-refractivity contribution in [3.8, 4) is 62.0 Å². The minimum absolute atomic E-state index is 0.134. The molecular formula is C58H44N4O. The number of anilines is 4. The Hall–Kier alpha value is -7.89. The molecule has 2 aliphatic rings. The molecule has 0 fully saturated rings. The number of hydrogen-bond donors (Lipinski definition) is 0. The summed E-state index contributed by atoms with van der Waals surface area (Å²) >= 11 is 0. The molecule has 2 aromatic heterocycles. The quantitative estimate of drug-likeness (QED) is 0.165. The van der Waals surface area contributed by atoms with Gasteiger partial charge in [-0.25, -0.2) is 4.98 Å². The molecule has 10 bridgehead atoms. The highest BCUT2D eigenvalue weighted by Crippen LogP contribution is 2.51. The molecule has 63 heavy (non-hydrogen) atoms. The van der Waals surface area contributed by atoms with Crippen LogP contribution in [0, 0.1) is 0 Å². The fourth-order valence-corrected chi connectivity index (χ4v) is 9.67. The number of benzene rings is 8. The van der Waals surface area contributed by atoms with Gasteiger partial charge >= 0.3 is 0 Å². The van der Waals surface area contributed by atoms with Gasteiger partial charge in [-0.2, -0.15) is 0 Å². The van der Waals surface area contributed by atoms with Crippen LogP contribution in [0.25, 0.3) is 72.3 Å². The van der Waals surface area contributed by atoms with Crippen molar-refractivity contribution in [2.24, 2.45) is 0 Å². The highest BCUT2D eigenvalue weighted by atomic mass is 16.5. The molecule has 0 unspecified atom stereocenters. The second-order valence-electron chi connectivity index (χ2n) is 17.7. The summed E-state index contributed by atoms with van der Waals surface area (Å²) in [5, 5.41) is 2.32. The summed E-state index contributed by atoms with van der Waals surface area (Å²) in [4.78, 5) is 10.4. The lowest BCUT2D eigenvalue weighted by atomic mass is 9.86. The first kappa shape index (κ1) is 36.9. The normalized spacial score (nSPS) is 13.0. The first-order valence-electron chi connectivity index (χ1n) is 21.7. The molecule has 0 N–H and O–H groups in total. The Bertz CT molecular complexity index is 3410. The third-order valence-corrected chi connectivity index (χ3v) is 12.7. The molecule has 10 aromatic rings. The van der Waals surface area contributed by atoms with Crippen molar-refractivity contribution in [1.29, 1.82) is 0 Å². The van der Waals surface area contributed by atoms with Gasteiger partial charge in [0.1, 0.15) is 24.0 Å². The first-order chi connectivity index (χ1) is 30.9. The molecule has 8 aromatic carbocycles. The van der Waals surface area contributed by atoms with E-state index in [-0.39, 0.29) is 5.41 Å². The molecule has 0 spiro atoms. The SMILES string of the molecule is CC(C)(C)c1cc2nc(c1)-n1c3ccccc3c3ccc(cc31)Oc1cccc(c1)N1CN(c3ccccc31)c1c(-c3ccccc3)cccc1-c1ccccc1-c1cccc-2c1.